The zero-order chi connectivity index (χ0) is 14.7. The Kier molecular flexibility index (Phi) is 8.30. The lowest BCUT2D eigenvalue weighted by molar-refractivity contribution is -0.324. The van der Waals surface area contributed by atoms with Crippen LogP contribution < -0.4 is 0 Å². The summed E-state index contributed by atoms with van der Waals surface area (Å²) in [5.41, 5.74) is 1.15. The molecule has 0 saturated heterocycles. The third kappa shape index (κ3) is 9.81. The molecule has 0 bridgehead atoms. The van der Waals surface area contributed by atoms with Crippen LogP contribution in [0, 0.1) is 0 Å². The molecular formula is C15H21F3O2. The van der Waals surface area contributed by atoms with E-state index in [0.717, 1.165) is 31.2 Å². The van der Waals surface area contributed by atoms with Crippen LogP contribution in [0.2, 0.25) is 0 Å². The van der Waals surface area contributed by atoms with Crippen molar-refractivity contribution in [1.29, 1.82) is 0 Å². The van der Waals surface area contributed by atoms with Gasteiger partial charge in [-0.15, -0.1) is 13.2 Å². The van der Waals surface area contributed by atoms with Gasteiger partial charge >= 0.3 is 6.36 Å². The lowest BCUT2D eigenvalue weighted by Gasteiger charge is -2.07. The van der Waals surface area contributed by atoms with Crippen molar-refractivity contribution in [3.8, 4) is 0 Å². The van der Waals surface area contributed by atoms with E-state index in [9.17, 15) is 13.2 Å². The third-order valence-corrected chi connectivity index (χ3v) is 2.81. The summed E-state index contributed by atoms with van der Waals surface area (Å²) in [5.74, 6) is 0. The van der Waals surface area contributed by atoms with Gasteiger partial charge in [-0.1, -0.05) is 49.6 Å². The van der Waals surface area contributed by atoms with Gasteiger partial charge in [0.25, 0.3) is 0 Å². The van der Waals surface area contributed by atoms with Crippen LogP contribution >= 0.6 is 0 Å². The minimum atomic E-state index is -4.49. The Balaban J connectivity index is 1.83. The minimum absolute atomic E-state index is 0.242. The molecule has 1 rings (SSSR count). The number of unbranched alkanes of at least 4 members (excludes halogenated alkanes) is 4. The van der Waals surface area contributed by atoms with Gasteiger partial charge in [0, 0.05) is 6.61 Å². The van der Waals surface area contributed by atoms with E-state index in [1.165, 1.54) is 0 Å². The molecule has 0 aliphatic carbocycles. The van der Waals surface area contributed by atoms with Crippen LogP contribution in [0.15, 0.2) is 30.3 Å². The molecule has 5 heteroatoms. The van der Waals surface area contributed by atoms with Crippen molar-refractivity contribution in [1.82, 2.24) is 0 Å². The molecule has 0 saturated carbocycles. The quantitative estimate of drug-likeness (QED) is 0.582. The minimum Gasteiger partial charge on any atom is -0.377 e. The average molecular weight is 290 g/mol. The summed E-state index contributed by atoms with van der Waals surface area (Å²) in [7, 11) is 0. The Morgan fingerprint density at radius 2 is 1.40 bits per heavy atom. The second-order valence-electron chi connectivity index (χ2n) is 4.60. The van der Waals surface area contributed by atoms with Crippen LogP contribution in [0.5, 0.6) is 0 Å². The molecule has 0 fully saturated rings. The number of alkyl halides is 3. The molecule has 1 aromatic rings. The van der Waals surface area contributed by atoms with Gasteiger partial charge in [0.1, 0.15) is 0 Å². The standard InChI is InChI=1S/C15H21F3O2/c16-15(17,18)20-12-8-3-1-2-7-11-19-13-14-9-5-4-6-10-14/h4-6,9-10H,1-3,7-8,11-13H2. The molecule has 0 radical (unpaired) electrons. The van der Waals surface area contributed by atoms with Crippen LogP contribution in [0.1, 0.15) is 37.7 Å². The maximum atomic E-state index is 11.7. The summed E-state index contributed by atoms with van der Waals surface area (Å²) in [4.78, 5) is 0. The van der Waals surface area contributed by atoms with Gasteiger partial charge in [-0.05, 0) is 18.4 Å². The summed E-state index contributed by atoms with van der Waals surface area (Å²) in [6, 6.07) is 9.94. The van der Waals surface area contributed by atoms with E-state index in [1.54, 1.807) is 0 Å². The first-order valence-electron chi connectivity index (χ1n) is 6.90. The van der Waals surface area contributed by atoms with Crippen molar-refractivity contribution in [2.45, 2.75) is 45.1 Å². The van der Waals surface area contributed by atoms with Crippen LogP contribution in [-0.2, 0) is 16.1 Å². The summed E-state index contributed by atoms with van der Waals surface area (Å²) >= 11 is 0. The fraction of sp³-hybridized carbons (Fsp3) is 0.600. The first-order chi connectivity index (χ1) is 9.58. The van der Waals surface area contributed by atoms with E-state index in [2.05, 4.69) is 4.74 Å². The number of rotatable bonds is 10. The van der Waals surface area contributed by atoms with Gasteiger partial charge in [0.15, 0.2) is 0 Å². The van der Waals surface area contributed by atoms with Gasteiger partial charge in [-0.3, -0.25) is 4.74 Å². The molecule has 0 amide bonds. The molecule has 0 aliphatic rings. The summed E-state index contributed by atoms with van der Waals surface area (Å²) in [6.45, 7) is 1.06. The summed E-state index contributed by atoms with van der Waals surface area (Å²) in [6.07, 6.45) is -0.464. The first kappa shape index (κ1) is 17.0. The Morgan fingerprint density at radius 3 is 2.05 bits per heavy atom. The summed E-state index contributed by atoms with van der Waals surface area (Å²) in [5, 5.41) is 0. The van der Waals surface area contributed by atoms with E-state index < -0.39 is 6.36 Å². The van der Waals surface area contributed by atoms with E-state index in [4.69, 9.17) is 4.74 Å². The molecule has 0 spiro atoms. The Morgan fingerprint density at radius 1 is 0.800 bits per heavy atom. The van der Waals surface area contributed by atoms with E-state index >= 15 is 0 Å². The van der Waals surface area contributed by atoms with Gasteiger partial charge in [0.05, 0.1) is 13.2 Å². The lowest BCUT2D eigenvalue weighted by atomic mass is 10.1. The van der Waals surface area contributed by atoms with Crippen molar-refractivity contribution in [2.24, 2.45) is 0 Å². The highest BCUT2D eigenvalue weighted by molar-refractivity contribution is 5.13. The van der Waals surface area contributed by atoms with Crippen molar-refractivity contribution in [2.75, 3.05) is 13.2 Å². The van der Waals surface area contributed by atoms with Crippen LogP contribution in [-0.4, -0.2) is 19.6 Å². The largest absolute Gasteiger partial charge is 0.522 e. The maximum Gasteiger partial charge on any atom is 0.522 e. The number of benzene rings is 1. The smallest absolute Gasteiger partial charge is 0.377 e. The molecule has 0 aromatic heterocycles. The molecule has 0 atom stereocenters. The van der Waals surface area contributed by atoms with E-state index in [0.29, 0.717) is 19.6 Å². The Labute approximate surface area is 117 Å². The predicted molar refractivity (Wildman–Crippen MR) is 71.2 cm³/mol. The Bertz CT molecular complexity index is 339. The summed E-state index contributed by atoms with van der Waals surface area (Å²) < 4.78 is 44.2. The average Bonchev–Trinajstić information content (AvgIpc) is 2.41. The monoisotopic (exact) mass is 290 g/mol. The third-order valence-electron chi connectivity index (χ3n) is 2.81. The predicted octanol–water partition coefficient (Wildman–Crippen LogP) is 4.69. The molecule has 20 heavy (non-hydrogen) atoms. The number of halogens is 3. The SMILES string of the molecule is FC(F)(F)OCCCCCCCOCc1ccccc1. The Hall–Kier alpha value is -1.07. The fourth-order valence-electron chi connectivity index (χ4n) is 1.79. The van der Waals surface area contributed by atoms with Crippen molar-refractivity contribution in [3.05, 3.63) is 35.9 Å². The number of hydrogen-bond acceptors (Lipinski definition) is 2. The molecule has 0 N–H and O–H groups in total. The highest BCUT2D eigenvalue weighted by atomic mass is 19.4. The second kappa shape index (κ2) is 9.77. The first-order valence-corrected chi connectivity index (χ1v) is 6.90. The fourth-order valence-corrected chi connectivity index (χ4v) is 1.79. The van der Waals surface area contributed by atoms with Gasteiger partial charge in [-0.25, -0.2) is 0 Å². The second-order valence-corrected chi connectivity index (χ2v) is 4.60. The zero-order valence-corrected chi connectivity index (χ0v) is 11.5. The molecule has 0 unspecified atom stereocenters. The van der Waals surface area contributed by atoms with Crippen molar-refractivity contribution < 1.29 is 22.6 Å². The maximum absolute atomic E-state index is 11.7. The molecule has 114 valence electrons. The van der Waals surface area contributed by atoms with E-state index in [1.807, 2.05) is 30.3 Å². The van der Waals surface area contributed by atoms with Crippen LogP contribution in [0.25, 0.3) is 0 Å². The highest BCUT2D eigenvalue weighted by Crippen LogP contribution is 2.17. The van der Waals surface area contributed by atoms with Gasteiger partial charge in [0.2, 0.25) is 0 Å². The topological polar surface area (TPSA) is 18.5 Å². The molecule has 2 nitrogen and oxygen atoms in total. The normalized spacial score (nSPS) is 11.8. The zero-order valence-electron chi connectivity index (χ0n) is 11.5. The highest BCUT2D eigenvalue weighted by Gasteiger charge is 2.28. The van der Waals surface area contributed by atoms with Crippen LogP contribution in [0.3, 0.4) is 0 Å². The molecule has 1 aromatic carbocycles. The molecule has 0 heterocycles. The van der Waals surface area contributed by atoms with Crippen molar-refractivity contribution >= 4 is 0 Å². The number of ether oxygens (including phenoxy) is 2. The molecule has 0 aliphatic heterocycles. The van der Waals surface area contributed by atoms with Crippen LogP contribution in [0.4, 0.5) is 13.2 Å². The van der Waals surface area contributed by atoms with Gasteiger partial charge in [-0.2, -0.15) is 0 Å². The van der Waals surface area contributed by atoms with Crippen molar-refractivity contribution in [3.63, 3.8) is 0 Å². The molecular weight excluding hydrogens is 269 g/mol. The lowest BCUT2D eigenvalue weighted by Crippen LogP contribution is -2.13. The van der Waals surface area contributed by atoms with Gasteiger partial charge < -0.3 is 4.74 Å². The number of hydrogen-bond donors (Lipinski definition) is 0. The van der Waals surface area contributed by atoms with E-state index in [-0.39, 0.29) is 6.61 Å².